The molecule has 8 nitrogen and oxygen atoms in total. The molecule has 1 unspecified atom stereocenters. The number of nitrogens with zero attached hydrogens (tertiary/aromatic N) is 4. The smallest absolute Gasteiger partial charge is 0.252 e. The fourth-order valence-electron chi connectivity index (χ4n) is 4.49. The maximum Gasteiger partial charge on any atom is 0.252 e. The van der Waals surface area contributed by atoms with E-state index >= 15 is 0 Å². The molecular weight excluding hydrogens is 454 g/mol. The largest absolute Gasteiger partial charge is 0.486 e. The number of likely N-dealkylation sites (N-methyl/N-ethyl adjacent to an activating group) is 1. The SMILES string of the molecule is CC(C)n1ncc2c(C(=O)NCC(c3ccccc3)N(C)C)cc(-c3ccc4c(c3)OCCO4)nc21. The highest BCUT2D eigenvalue weighted by Crippen LogP contribution is 2.35. The lowest BCUT2D eigenvalue weighted by molar-refractivity contribution is 0.0943. The number of fused-ring (bicyclic) bond motifs is 2. The molecule has 0 fully saturated rings. The topological polar surface area (TPSA) is 81.5 Å². The summed E-state index contributed by atoms with van der Waals surface area (Å²) in [5.41, 5.74) is 3.89. The zero-order valence-electron chi connectivity index (χ0n) is 21.1. The zero-order valence-corrected chi connectivity index (χ0v) is 21.1. The van der Waals surface area contributed by atoms with E-state index in [1.54, 1.807) is 6.20 Å². The molecule has 0 bridgehead atoms. The van der Waals surface area contributed by atoms with Gasteiger partial charge in [0, 0.05) is 18.2 Å². The van der Waals surface area contributed by atoms with Crippen molar-refractivity contribution in [3.05, 3.63) is 71.9 Å². The molecule has 36 heavy (non-hydrogen) atoms. The Morgan fingerprint density at radius 1 is 1.06 bits per heavy atom. The molecule has 0 saturated carbocycles. The highest BCUT2D eigenvalue weighted by Gasteiger charge is 2.22. The third-order valence-corrected chi connectivity index (χ3v) is 6.40. The van der Waals surface area contributed by atoms with Crippen molar-refractivity contribution in [2.24, 2.45) is 0 Å². The summed E-state index contributed by atoms with van der Waals surface area (Å²) in [6.45, 7) is 5.60. The molecule has 1 atom stereocenters. The minimum Gasteiger partial charge on any atom is -0.486 e. The van der Waals surface area contributed by atoms with E-state index in [0.717, 1.165) is 16.5 Å². The molecule has 0 saturated heterocycles. The van der Waals surface area contributed by atoms with Crippen molar-refractivity contribution >= 4 is 16.9 Å². The van der Waals surface area contributed by atoms with Crippen molar-refractivity contribution < 1.29 is 14.3 Å². The molecular formula is C28H31N5O3. The lowest BCUT2D eigenvalue weighted by atomic mass is 10.0. The number of carbonyl (C=O) groups excluding carboxylic acids is 1. The van der Waals surface area contributed by atoms with Gasteiger partial charge in [0.05, 0.1) is 28.9 Å². The van der Waals surface area contributed by atoms with Crippen LogP contribution in [0.3, 0.4) is 0 Å². The summed E-state index contributed by atoms with van der Waals surface area (Å²) in [7, 11) is 4.03. The van der Waals surface area contributed by atoms with E-state index in [-0.39, 0.29) is 18.0 Å². The molecule has 1 N–H and O–H groups in total. The number of hydrogen-bond acceptors (Lipinski definition) is 6. The van der Waals surface area contributed by atoms with Crippen molar-refractivity contribution in [3.63, 3.8) is 0 Å². The van der Waals surface area contributed by atoms with Gasteiger partial charge in [-0.15, -0.1) is 0 Å². The van der Waals surface area contributed by atoms with E-state index in [1.807, 2.05) is 75.1 Å². The van der Waals surface area contributed by atoms with Crippen LogP contribution in [0.2, 0.25) is 0 Å². The van der Waals surface area contributed by atoms with Crippen LogP contribution >= 0.6 is 0 Å². The fourth-order valence-corrected chi connectivity index (χ4v) is 4.49. The van der Waals surface area contributed by atoms with E-state index in [9.17, 15) is 4.79 Å². The summed E-state index contributed by atoms with van der Waals surface area (Å²) < 4.78 is 13.3. The van der Waals surface area contributed by atoms with Crippen molar-refractivity contribution in [2.75, 3.05) is 33.9 Å². The molecule has 2 aromatic carbocycles. The van der Waals surface area contributed by atoms with E-state index in [4.69, 9.17) is 14.5 Å². The molecule has 0 radical (unpaired) electrons. The zero-order chi connectivity index (χ0) is 25.2. The van der Waals surface area contributed by atoms with Crippen LogP contribution in [0.15, 0.2) is 60.8 Å². The lowest BCUT2D eigenvalue weighted by Gasteiger charge is -2.25. The van der Waals surface area contributed by atoms with Crippen molar-refractivity contribution in [1.82, 2.24) is 25.0 Å². The van der Waals surface area contributed by atoms with Crippen LogP contribution in [0.4, 0.5) is 0 Å². The number of hydrogen-bond donors (Lipinski definition) is 1. The van der Waals surface area contributed by atoms with Gasteiger partial charge in [-0.05, 0) is 57.8 Å². The summed E-state index contributed by atoms with van der Waals surface area (Å²) in [4.78, 5) is 20.6. The maximum atomic E-state index is 13.6. The third kappa shape index (κ3) is 4.64. The molecule has 5 rings (SSSR count). The van der Waals surface area contributed by atoms with E-state index in [2.05, 4.69) is 27.4 Å². The normalized spacial score (nSPS) is 13.8. The number of benzene rings is 2. The maximum absolute atomic E-state index is 13.6. The Bertz CT molecular complexity index is 1380. The van der Waals surface area contributed by atoms with Gasteiger partial charge < -0.3 is 19.7 Å². The molecule has 0 spiro atoms. The first kappa shape index (κ1) is 23.8. The first-order valence-electron chi connectivity index (χ1n) is 12.2. The van der Waals surface area contributed by atoms with Crippen LogP contribution < -0.4 is 14.8 Å². The first-order chi connectivity index (χ1) is 17.4. The van der Waals surface area contributed by atoms with Crippen LogP contribution in [-0.4, -0.2) is 59.4 Å². The molecule has 4 aromatic rings. The second kappa shape index (κ2) is 9.99. The van der Waals surface area contributed by atoms with Crippen LogP contribution in [0, 0.1) is 0 Å². The molecule has 3 heterocycles. The number of ether oxygens (including phenoxy) is 2. The molecule has 0 aliphatic carbocycles. The highest BCUT2D eigenvalue weighted by atomic mass is 16.6. The van der Waals surface area contributed by atoms with Crippen LogP contribution in [0.5, 0.6) is 11.5 Å². The highest BCUT2D eigenvalue weighted by molar-refractivity contribution is 6.06. The third-order valence-electron chi connectivity index (χ3n) is 6.40. The minimum atomic E-state index is -0.160. The first-order valence-corrected chi connectivity index (χ1v) is 12.2. The summed E-state index contributed by atoms with van der Waals surface area (Å²) in [6.07, 6.45) is 1.73. The molecule has 2 aromatic heterocycles. The predicted octanol–water partition coefficient (Wildman–Crippen LogP) is 4.48. The van der Waals surface area contributed by atoms with Gasteiger partial charge in [0.15, 0.2) is 17.1 Å². The number of rotatable bonds is 7. The number of nitrogens with one attached hydrogen (secondary N) is 1. The van der Waals surface area contributed by atoms with E-state index in [1.165, 1.54) is 0 Å². The Morgan fingerprint density at radius 3 is 2.53 bits per heavy atom. The van der Waals surface area contributed by atoms with Crippen LogP contribution in [0.25, 0.3) is 22.3 Å². The summed E-state index contributed by atoms with van der Waals surface area (Å²) in [5.74, 6) is 1.24. The number of aromatic nitrogens is 3. The molecule has 1 aliphatic rings. The quantitative estimate of drug-likeness (QED) is 0.416. The van der Waals surface area contributed by atoms with Gasteiger partial charge in [-0.3, -0.25) is 4.79 Å². The van der Waals surface area contributed by atoms with Crippen molar-refractivity contribution in [1.29, 1.82) is 0 Å². The molecule has 1 aliphatic heterocycles. The lowest BCUT2D eigenvalue weighted by Crippen LogP contribution is -2.34. The molecule has 1 amide bonds. The second-order valence-corrected chi connectivity index (χ2v) is 9.43. The summed E-state index contributed by atoms with van der Waals surface area (Å²) >= 11 is 0. The number of pyridine rings is 1. The van der Waals surface area contributed by atoms with E-state index < -0.39 is 0 Å². The Labute approximate surface area is 210 Å². The van der Waals surface area contributed by atoms with Crippen molar-refractivity contribution in [2.45, 2.75) is 25.9 Å². The van der Waals surface area contributed by atoms with Gasteiger partial charge >= 0.3 is 0 Å². The predicted molar refractivity (Wildman–Crippen MR) is 140 cm³/mol. The summed E-state index contributed by atoms with van der Waals surface area (Å²) in [6, 6.07) is 17.9. The fraction of sp³-hybridized carbons (Fsp3) is 0.321. The van der Waals surface area contributed by atoms with Gasteiger partial charge in [0.25, 0.3) is 5.91 Å². The van der Waals surface area contributed by atoms with Crippen LogP contribution in [0.1, 0.15) is 41.9 Å². The summed E-state index contributed by atoms with van der Waals surface area (Å²) in [5, 5.41) is 8.41. The van der Waals surface area contributed by atoms with Crippen LogP contribution in [-0.2, 0) is 0 Å². The Kier molecular flexibility index (Phi) is 6.61. The standard InChI is InChI=1S/C28H31N5O3/c1-18(2)33-27-22(16-30-33)21(28(34)29-17-24(32(3)4)19-8-6-5-7-9-19)15-23(31-27)20-10-11-25-26(14-20)36-13-12-35-25/h5-11,14-16,18,24H,12-13,17H2,1-4H3,(H,29,34). The van der Waals surface area contributed by atoms with Gasteiger partial charge in [0.2, 0.25) is 0 Å². The van der Waals surface area contributed by atoms with Gasteiger partial charge in [0.1, 0.15) is 13.2 Å². The Hall–Kier alpha value is -3.91. The Balaban J connectivity index is 1.51. The average molecular weight is 486 g/mol. The van der Waals surface area contributed by atoms with Gasteiger partial charge in [-0.2, -0.15) is 5.10 Å². The molecule has 186 valence electrons. The molecule has 8 heteroatoms. The monoisotopic (exact) mass is 485 g/mol. The number of amides is 1. The van der Waals surface area contributed by atoms with Gasteiger partial charge in [-0.1, -0.05) is 30.3 Å². The Morgan fingerprint density at radius 2 is 1.81 bits per heavy atom. The average Bonchev–Trinajstić information content (AvgIpc) is 3.33. The second-order valence-electron chi connectivity index (χ2n) is 9.43. The number of carbonyl (C=O) groups is 1. The minimum absolute atomic E-state index is 0.0446. The van der Waals surface area contributed by atoms with Crippen molar-refractivity contribution in [3.8, 4) is 22.8 Å². The van der Waals surface area contributed by atoms with E-state index in [0.29, 0.717) is 48.2 Å². The van der Waals surface area contributed by atoms with Gasteiger partial charge in [-0.25, -0.2) is 9.67 Å².